The lowest BCUT2D eigenvalue weighted by Gasteiger charge is -2.29. The molecule has 2 unspecified atom stereocenters. The lowest BCUT2D eigenvalue weighted by Crippen LogP contribution is -2.32. The van der Waals surface area contributed by atoms with Gasteiger partial charge in [0, 0.05) is 31.1 Å². The highest BCUT2D eigenvalue weighted by atomic mass is 16.7. The van der Waals surface area contributed by atoms with Gasteiger partial charge >= 0.3 is 0 Å². The third kappa shape index (κ3) is 7.44. The maximum Gasteiger partial charge on any atom is 0.286 e. The number of anilines is 2. The van der Waals surface area contributed by atoms with Crippen molar-refractivity contribution in [2.24, 2.45) is 0 Å². The van der Waals surface area contributed by atoms with E-state index in [1.807, 2.05) is 36.4 Å². The zero-order chi connectivity index (χ0) is 26.7. The average Bonchev–Trinajstić information content (AvgIpc) is 2.96. The summed E-state index contributed by atoms with van der Waals surface area (Å²) in [6, 6.07) is 24.0. The summed E-state index contributed by atoms with van der Waals surface area (Å²) in [7, 11) is 0. The van der Waals surface area contributed by atoms with Crippen molar-refractivity contribution >= 4 is 23.2 Å². The van der Waals surface area contributed by atoms with Crippen LogP contribution in [0.3, 0.4) is 0 Å². The monoisotopic (exact) mass is 515 g/mol. The summed E-state index contributed by atoms with van der Waals surface area (Å²) in [4.78, 5) is 25.6. The first-order valence-corrected chi connectivity index (χ1v) is 12.7. The zero-order valence-corrected chi connectivity index (χ0v) is 21.1. The number of ether oxygens (including phenoxy) is 2. The quantitative estimate of drug-likeness (QED) is 0.223. The zero-order valence-electron chi connectivity index (χ0n) is 21.1. The predicted octanol–water partition coefficient (Wildman–Crippen LogP) is 4.34. The number of amides is 2. The molecule has 1 aliphatic rings. The fourth-order valence-electron chi connectivity index (χ4n) is 4.13. The van der Waals surface area contributed by atoms with E-state index in [4.69, 9.17) is 20.3 Å². The summed E-state index contributed by atoms with van der Waals surface area (Å²) in [6.45, 7) is 0.825. The number of aliphatic hydroxyl groups excluding tert-OH is 1. The molecular formula is C30H33N3O5. The summed E-state index contributed by atoms with van der Waals surface area (Å²) in [5.74, 6) is -0.411. The first-order valence-electron chi connectivity index (χ1n) is 12.7. The number of hydrogen-bond acceptors (Lipinski definition) is 6. The molecule has 2 atom stereocenters. The van der Waals surface area contributed by atoms with E-state index in [9.17, 15) is 9.59 Å². The Morgan fingerprint density at radius 1 is 0.947 bits per heavy atom. The average molecular weight is 516 g/mol. The Morgan fingerprint density at radius 3 is 2.42 bits per heavy atom. The number of unbranched alkanes of at least 4 members (excludes halogenated alkanes) is 1. The highest BCUT2D eigenvalue weighted by Crippen LogP contribution is 2.31. The minimum atomic E-state index is -0.555. The summed E-state index contributed by atoms with van der Waals surface area (Å²) in [6.07, 6.45) is 3.24. The molecule has 8 heteroatoms. The molecule has 38 heavy (non-hydrogen) atoms. The van der Waals surface area contributed by atoms with E-state index >= 15 is 0 Å². The van der Waals surface area contributed by atoms with Gasteiger partial charge in [0.05, 0.1) is 18.0 Å². The number of carbonyl (C=O) groups excluding carboxylic acids is 2. The third-order valence-electron chi connectivity index (χ3n) is 6.24. The molecule has 8 nitrogen and oxygen atoms in total. The Kier molecular flexibility index (Phi) is 9.50. The molecule has 198 valence electrons. The van der Waals surface area contributed by atoms with Crippen molar-refractivity contribution in [2.75, 3.05) is 24.3 Å². The van der Waals surface area contributed by atoms with E-state index in [0.29, 0.717) is 42.8 Å². The first-order chi connectivity index (χ1) is 18.5. The van der Waals surface area contributed by atoms with Gasteiger partial charge in [-0.2, -0.15) is 0 Å². The van der Waals surface area contributed by atoms with Crippen LogP contribution in [0.15, 0.2) is 90.7 Å². The van der Waals surface area contributed by atoms with Gasteiger partial charge in [0.1, 0.15) is 0 Å². The molecule has 3 aromatic rings. The molecule has 0 radical (unpaired) electrons. The van der Waals surface area contributed by atoms with Crippen LogP contribution in [0.4, 0.5) is 11.4 Å². The molecule has 0 bridgehead atoms. The molecule has 0 aromatic heterocycles. The van der Waals surface area contributed by atoms with Gasteiger partial charge in [-0.25, -0.2) is 0 Å². The molecule has 1 heterocycles. The smallest absolute Gasteiger partial charge is 0.286 e. The van der Waals surface area contributed by atoms with E-state index in [1.165, 1.54) is 0 Å². The van der Waals surface area contributed by atoms with Crippen molar-refractivity contribution < 1.29 is 24.2 Å². The molecule has 0 aliphatic carbocycles. The SMILES string of the molecule is Nc1ccccc1NC(=O)c1ccc(CNC(=O)C2=CC(c3ccccc3)CC(OCCCCO)O2)cc1. The molecule has 1 aliphatic heterocycles. The number of nitrogens with one attached hydrogen (secondary N) is 2. The Bertz CT molecular complexity index is 1240. The second-order valence-electron chi connectivity index (χ2n) is 9.05. The normalized spacial score (nSPS) is 16.7. The van der Waals surface area contributed by atoms with Crippen molar-refractivity contribution in [3.05, 3.63) is 107 Å². The van der Waals surface area contributed by atoms with Gasteiger partial charge in [-0.3, -0.25) is 9.59 Å². The van der Waals surface area contributed by atoms with Crippen molar-refractivity contribution in [1.82, 2.24) is 5.32 Å². The summed E-state index contributed by atoms with van der Waals surface area (Å²) < 4.78 is 11.8. The van der Waals surface area contributed by atoms with Gasteiger partial charge in [-0.1, -0.05) is 54.6 Å². The molecule has 0 saturated heterocycles. The van der Waals surface area contributed by atoms with Gasteiger partial charge in [0.2, 0.25) is 6.29 Å². The van der Waals surface area contributed by atoms with Crippen LogP contribution < -0.4 is 16.4 Å². The number of para-hydroxylation sites is 2. The van der Waals surface area contributed by atoms with E-state index in [2.05, 4.69) is 10.6 Å². The standard InChI is InChI=1S/C30H33N3O5/c31-25-10-4-5-11-26(25)33-29(35)23-14-12-21(13-15-23)20-32-30(36)27-18-24(22-8-2-1-3-9-22)19-28(38-27)37-17-7-6-16-34/h1-5,8-15,18,24,28,34H,6-7,16-17,19-20,31H2,(H,32,36)(H,33,35). The van der Waals surface area contributed by atoms with E-state index in [-0.39, 0.29) is 36.6 Å². The van der Waals surface area contributed by atoms with Crippen LogP contribution in [0.1, 0.15) is 46.7 Å². The molecule has 0 spiro atoms. The summed E-state index contributed by atoms with van der Waals surface area (Å²) >= 11 is 0. The lowest BCUT2D eigenvalue weighted by atomic mass is 9.93. The molecule has 2 amide bonds. The fourth-order valence-corrected chi connectivity index (χ4v) is 4.13. The minimum Gasteiger partial charge on any atom is -0.459 e. The number of allylic oxidation sites excluding steroid dienone is 1. The third-order valence-corrected chi connectivity index (χ3v) is 6.24. The molecular weight excluding hydrogens is 482 g/mol. The number of benzene rings is 3. The fraction of sp³-hybridized carbons (Fsp3) is 0.267. The molecule has 5 N–H and O–H groups in total. The van der Waals surface area contributed by atoms with Crippen LogP contribution in [-0.2, 0) is 20.8 Å². The van der Waals surface area contributed by atoms with Crippen molar-refractivity contribution in [1.29, 1.82) is 0 Å². The Hall–Kier alpha value is -4.14. The molecule has 0 fully saturated rings. The number of nitrogen functional groups attached to an aromatic ring is 1. The van der Waals surface area contributed by atoms with Gasteiger partial charge in [0.15, 0.2) is 5.76 Å². The van der Waals surface area contributed by atoms with Gasteiger partial charge < -0.3 is 30.9 Å². The first kappa shape index (κ1) is 26.9. The van der Waals surface area contributed by atoms with Crippen LogP contribution in [0.25, 0.3) is 0 Å². The van der Waals surface area contributed by atoms with Gasteiger partial charge in [-0.05, 0) is 54.3 Å². The van der Waals surface area contributed by atoms with Crippen molar-refractivity contribution in [3.8, 4) is 0 Å². The Morgan fingerprint density at radius 2 is 1.68 bits per heavy atom. The minimum absolute atomic E-state index is 0.0232. The molecule has 4 rings (SSSR count). The Balaban J connectivity index is 1.36. The maximum absolute atomic E-state index is 13.0. The van der Waals surface area contributed by atoms with Crippen LogP contribution >= 0.6 is 0 Å². The van der Waals surface area contributed by atoms with E-state index < -0.39 is 6.29 Å². The second-order valence-corrected chi connectivity index (χ2v) is 9.05. The maximum atomic E-state index is 13.0. The number of aliphatic hydroxyl groups is 1. The number of hydrogen-bond donors (Lipinski definition) is 4. The van der Waals surface area contributed by atoms with Crippen LogP contribution in [0.5, 0.6) is 0 Å². The Labute approximate surface area is 222 Å². The number of rotatable bonds is 11. The highest BCUT2D eigenvalue weighted by Gasteiger charge is 2.28. The highest BCUT2D eigenvalue weighted by molar-refractivity contribution is 6.05. The van der Waals surface area contributed by atoms with Crippen LogP contribution in [0, 0.1) is 0 Å². The van der Waals surface area contributed by atoms with Gasteiger partial charge in [0.25, 0.3) is 11.8 Å². The number of nitrogens with two attached hydrogens (primary N) is 1. The van der Waals surface area contributed by atoms with E-state index in [0.717, 1.165) is 11.1 Å². The van der Waals surface area contributed by atoms with Crippen LogP contribution in [0.2, 0.25) is 0 Å². The largest absolute Gasteiger partial charge is 0.459 e. The lowest BCUT2D eigenvalue weighted by molar-refractivity contribution is -0.146. The molecule has 0 saturated carbocycles. The number of carbonyl (C=O) groups is 2. The van der Waals surface area contributed by atoms with Crippen molar-refractivity contribution in [3.63, 3.8) is 0 Å². The van der Waals surface area contributed by atoms with Gasteiger partial charge in [-0.15, -0.1) is 0 Å². The summed E-state index contributed by atoms with van der Waals surface area (Å²) in [5.41, 5.74) is 9.34. The molecule has 3 aromatic carbocycles. The second kappa shape index (κ2) is 13.4. The summed E-state index contributed by atoms with van der Waals surface area (Å²) in [5, 5.41) is 14.7. The van der Waals surface area contributed by atoms with Crippen LogP contribution in [-0.4, -0.2) is 36.4 Å². The van der Waals surface area contributed by atoms with Crippen molar-refractivity contribution in [2.45, 2.75) is 38.0 Å². The topological polar surface area (TPSA) is 123 Å². The van der Waals surface area contributed by atoms with E-state index in [1.54, 1.807) is 48.5 Å². The predicted molar refractivity (Wildman–Crippen MR) is 146 cm³/mol.